The van der Waals surface area contributed by atoms with Crippen LogP contribution in [0.3, 0.4) is 0 Å². The number of carbonyl (C=O) groups excluding carboxylic acids is 2. The molecule has 3 aromatic carbocycles. The third kappa shape index (κ3) is 6.94. The zero-order chi connectivity index (χ0) is 22.8. The fraction of sp³-hybridized carbons (Fsp3) is 0.231. The molecule has 166 valence electrons. The van der Waals surface area contributed by atoms with Crippen LogP contribution < -0.4 is 5.32 Å². The Labute approximate surface area is 193 Å². The first-order valence-electron chi connectivity index (χ1n) is 10.6. The third-order valence-corrected chi connectivity index (χ3v) is 5.40. The molecule has 0 aliphatic carbocycles. The molecule has 0 aliphatic heterocycles. The first kappa shape index (κ1) is 23.5. The summed E-state index contributed by atoms with van der Waals surface area (Å²) >= 11 is 5.98. The molecule has 0 bridgehead atoms. The maximum Gasteiger partial charge on any atom is 0.243 e. The maximum atomic E-state index is 13.5. The SMILES string of the molecule is O=C(NCCO)[C@H](Cc1ccccc1)N(Cc1ccccc1)C(=O)Cc1ccc(Cl)cc1. The number of amides is 2. The number of hydrogen-bond donors (Lipinski definition) is 2. The van der Waals surface area contributed by atoms with Gasteiger partial charge in [-0.2, -0.15) is 0 Å². The predicted octanol–water partition coefficient (Wildman–Crippen LogP) is 3.63. The van der Waals surface area contributed by atoms with Crippen LogP contribution in [0.15, 0.2) is 84.9 Å². The van der Waals surface area contributed by atoms with Crippen molar-refractivity contribution >= 4 is 23.4 Å². The molecular weight excluding hydrogens is 424 g/mol. The van der Waals surface area contributed by atoms with E-state index in [1.807, 2.05) is 72.8 Å². The van der Waals surface area contributed by atoms with E-state index in [0.717, 1.165) is 16.7 Å². The number of carbonyl (C=O) groups is 2. The van der Waals surface area contributed by atoms with Gasteiger partial charge in [-0.05, 0) is 28.8 Å². The predicted molar refractivity (Wildman–Crippen MR) is 126 cm³/mol. The van der Waals surface area contributed by atoms with Crippen LogP contribution in [0.5, 0.6) is 0 Å². The standard InChI is InChI=1S/C26H27ClN2O3/c27-23-13-11-21(12-14-23)18-25(31)29(19-22-9-5-2-6-10-22)24(26(32)28-15-16-30)17-20-7-3-1-4-8-20/h1-14,24,30H,15-19H2,(H,28,32)/t24-/m0/s1. The molecule has 0 heterocycles. The summed E-state index contributed by atoms with van der Waals surface area (Å²) in [7, 11) is 0. The Morgan fingerprint density at radius 3 is 2.03 bits per heavy atom. The second kappa shape index (κ2) is 12.0. The average Bonchev–Trinajstić information content (AvgIpc) is 2.82. The Morgan fingerprint density at radius 2 is 1.44 bits per heavy atom. The zero-order valence-electron chi connectivity index (χ0n) is 17.8. The van der Waals surface area contributed by atoms with E-state index in [1.54, 1.807) is 17.0 Å². The number of aliphatic hydroxyl groups excluding tert-OH is 1. The van der Waals surface area contributed by atoms with Crippen LogP contribution in [-0.2, 0) is 29.0 Å². The van der Waals surface area contributed by atoms with E-state index in [4.69, 9.17) is 11.6 Å². The van der Waals surface area contributed by atoms with E-state index in [1.165, 1.54) is 0 Å². The van der Waals surface area contributed by atoms with Crippen molar-refractivity contribution in [3.8, 4) is 0 Å². The minimum Gasteiger partial charge on any atom is -0.395 e. The van der Waals surface area contributed by atoms with Crippen molar-refractivity contribution in [2.75, 3.05) is 13.2 Å². The molecule has 6 heteroatoms. The van der Waals surface area contributed by atoms with Gasteiger partial charge in [0.25, 0.3) is 0 Å². The van der Waals surface area contributed by atoms with Crippen LogP contribution in [0, 0.1) is 0 Å². The number of halogens is 1. The molecular formula is C26H27ClN2O3. The lowest BCUT2D eigenvalue weighted by Crippen LogP contribution is -2.51. The summed E-state index contributed by atoms with van der Waals surface area (Å²) < 4.78 is 0. The van der Waals surface area contributed by atoms with Crippen molar-refractivity contribution in [1.29, 1.82) is 0 Å². The molecule has 32 heavy (non-hydrogen) atoms. The Balaban J connectivity index is 1.92. The van der Waals surface area contributed by atoms with Crippen molar-refractivity contribution in [2.24, 2.45) is 0 Å². The lowest BCUT2D eigenvalue weighted by Gasteiger charge is -2.31. The fourth-order valence-electron chi connectivity index (χ4n) is 3.51. The van der Waals surface area contributed by atoms with Gasteiger partial charge >= 0.3 is 0 Å². The average molecular weight is 451 g/mol. The topological polar surface area (TPSA) is 69.6 Å². The molecule has 0 aromatic heterocycles. The molecule has 0 saturated carbocycles. The second-order valence-electron chi connectivity index (χ2n) is 7.53. The zero-order valence-corrected chi connectivity index (χ0v) is 18.5. The van der Waals surface area contributed by atoms with Crippen LogP contribution in [-0.4, -0.2) is 41.0 Å². The molecule has 0 spiro atoms. The van der Waals surface area contributed by atoms with Gasteiger partial charge in [0.15, 0.2) is 0 Å². The molecule has 1 atom stereocenters. The molecule has 0 unspecified atom stereocenters. The second-order valence-corrected chi connectivity index (χ2v) is 7.97. The van der Waals surface area contributed by atoms with Gasteiger partial charge in [-0.15, -0.1) is 0 Å². The van der Waals surface area contributed by atoms with Crippen LogP contribution in [0.2, 0.25) is 5.02 Å². The number of nitrogens with zero attached hydrogens (tertiary/aromatic N) is 1. The number of aliphatic hydroxyl groups is 1. The Morgan fingerprint density at radius 1 is 0.844 bits per heavy atom. The van der Waals surface area contributed by atoms with Gasteiger partial charge in [-0.25, -0.2) is 0 Å². The lowest BCUT2D eigenvalue weighted by molar-refractivity contribution is -0.140. The normalized spacial score (nSPS) is 11.6. The minimum absolute atomic E-state index is 0.134. The van der Waals surface area contributed by atoms with Gasteiger partial charge in [-0.3, -0.25) is 9.59 Å². The number of hydrogen-bond acceptors (Lipinski definition) is 3. The Kier molecular flexibility index (Phi) is 8.84. The van der Waals surface area contributed by atoms with E-state index in [2.05, 4.69) is 5.32 Å². The summed E-state index contributed by atoms with van der Waals surface area (Å²) in [6.07, 6.45) is 0.528. The van der Waals surface area contributed by atoms with Crippen LogP contribution >= 0.6 is 11.6 Å². The van der Waals surface area contributed by atoms with E-state index in [9.17, 15) is 14.7 Å². The minimum atomic E-state index is -0.719. The molecule has 0 aliphatic rings. The highest BCUT2D eigenvalue weighted by Crippen LogP contribution is 2.17. The van der Waals surface area contributed by atoms with E-state index in [0.29, 0.717) is 18.0 Å². The summed E-state index contributed by atoms with van der Waals surface area (Å²) in [6.45, 7) is 0.271. The number of rotatable bonds is 10. The molecule has 0 saturated heterocycles. The Hall–Kier alpha value is -3.15. The van der Waals surface area contributed by atoms with Crippen molar-refractivity contribution in [3.05, 3.63) is 107 Å². The largest absolute Gasteiger partial charge is 0.395 e. The highest BCUT2D eigenvalue weighted by atomic mass is 35.5. The van der Waals surface area contributed by atoms with Crippen molar-refractivity contribution in [3.63, 3.8) is 0 Å². The van der Waals surface area contributed by atoms with Gasteiger partial charge in [0, 0.05) is 24.5 Å². The third-order valence-electron chi connectivity index (χ3n) is 5.15. The molecule has 3 rings (SSSR count). The number of benzene rings is 3. The van der Waals surface area contributed by atoms with Gasteiger partial charge in [-0.1, -0.05) is 84.4 Å². The van der Waals surface area contributed by atoms with Crippen LogP contribution in [0.1, 0.15) is 16.7 Å². The smallest absolute Gasteiger partial charge is 0.243 e. The van der Waals surface area contributed by atoms with Crippen molar-refractivity contribution < 1.29 is 14.7 Å². The lowest BCUT2D eigenvalue weighted by atomic mass is 10.0. The monoisotopic (exact) mass is 450 g/mol. The maximum absolute atomic E-state index is 13.5. The van der Waals surface area contributed by atoms with Crippen molar-refractivity contribution in [2.45, 2.75) is 25.4 Å². The van der Waals surface area contributed by atoms with E-state index in [-0.39, 0.29) is 31.4 Å². The quantitative estimate of drug-likeness (QED) is 0.495. The summed E-state index contributed by atoms with van der Waals surface area (Å²) in [6, 6.07) is 25.7. The first-order chi connectivity index (χ1) is 15.6. The molecule has 5 nitrogen and oxygen atoms in total. The van der Waals surface area contributed by atoms with Gasteiger partial charge in [0.05, 0.1) is 13.0 Å². The molecule has 0 fully saturated rings. The molecule has 3 aromatic rings. The first-order valence-corrected chi connectivity index (χ1v) is 10.9. The molecule has 2 amide bonds. The summed E-state index contributed by atoms with van der Waals surface area (Å²) in [5.41, 5.74) is 2.71. The van der Waals surface area contributed by atoms with Gasteiger partial charge in [0.2, 0.25) is 11.8 Å². The molecule has 0 radical (unpaired) electrons. The van der Waals surface area contributed by atoms with Crippen molar-refractivity contribution in [1.82, 2.24) is 10.2 Å². The molecule has 2 N–H and O–H groups in total. The Bertz CT molecular complexity index is 995. The van der Waals surface area contributed by atoms with Gasteiger partial charge < -0.3 is 15.3 Å². The highest BCUT2D eigenvalue weighted by molar-refractivity contribution is 6.30. The summed E-state index contributed by atoms with van der Waals surface area (Å²) in [5.74, 6) is -0.445. The summed E-state index contributed by atoms with van der Waals surface area (Å²) in [5, 5.41) is 12.5. The van der Waals surface area contributed by atoms with Gasteiger partial charge in [0.1, 0.15) is 6.04 Å². The van der Waals surface area contributed by atoms with Crippen LogP contribution in [0.25, 0.3) is 0 Å². The van der Waals surface area contributed by atoms with E-state index < -0.39 is 6.04 Å². The fourth-order valence-corrected chi connectivity index (χ4v) is 3.64. The summed E-state index contributed by atoms with van der Waals surface area (Å²) in [4.78, 5) is 28.2. The number of nitrogens with one attached hydrogen (secondary N) is 1. The van der Waals surface area contributed by atoms with E-state index >= 15 is 0 Å². The van der Waals surface area contributed by atoms with Crippen LogP contribution in [0.4, 0.5) is 0 Å². The highest BCUT2D eigenvalue weighted by Gasteiger charge is 2.30.